The molecule has 216 valence electrons. The summed E-state index contributed by atoms with van der Waals surface area (Å²) in [7, 11) is 0. The quantitative estimate of drug-likeness (QED) is 0.0724. The first-order valence-corrected chi connectivity index (χ1v) is 14.9. The Bertz CT molecular complexity index is 578. The van der Waals surface area contributed by atoms with Crippen molar-refractivity contribution in [3.8, 4) is 0 Å². The van der Waals surface area contributed by atoms with E-state index in [9.17, 15) is 19.5 Å². The number of aliphatic carboxylic acids is 3. The number of carboxylic acids is 3. The highest BCUT2D eigenvalue weighted by molar-refractivity contribution is 5.72. The molecule has 0 unspecified atom stereocenters. The van der Waals surface area contributed by atoms with E-state index in [1.54, 1.807) is 0 Å². The first-order chi connectivity index (χ1) is 17.8. The first-order valence-electron chi connectivity index (χ1n) is 14.9. The van der Waals surface area contributed by atoms with Gasteiger partial charge in [0.2, 0.25) is 0 Å². The maximum atomic E-state index is 11.2. The minimum absolute atomic E-state index is 0.210. The summed E-state index contributed by atoms with van der Waals surface area (Å²) in [6.45, 7) is 0.830. The predicted octanol–water partition coefficient (Wildman–Crippen LogP) is 6.10. The molecule has 0 amide bonds. The van der Waals surface area contributed by atoms with Crippen LogP contribution in [0.2, 0.25) is 0 Å². The average molecular weight is 526 g/mol. The molecule has 0 saturated heterocycles. The summed E-state index contributed by atoms with van der Waals surface area (Å²) in [4.78, 5) is 33.4. The van der Waals surface area contributed by atoms with E-state index in [4.69, 9.17) is 10.2 Å². The third-order valence-electron chi connectivity index (χ3n) is 7.05. The van der Waals surface area contributed by atoms with Crippen LogP contribution in [0.25, 0.3) is 0 Å². The van der Waals surface area contributed by atoms with E-state index in [2.05, 4.69) is 19.1 Å². The Morgan fingerprint density at radius 3 is 1.27 bits per heavy atom. The van der Waals surface area contributed by atoms with Crippen LogP contribution in [0.5, 0.6) is 0 Å². The monoisotopic (exact) mass is 525 g/mol. The number of hydrogen-bond acceptors (Lipinski definition) is 4. The van der Waals surface area contributed by atoms with Gasteiger partial charge in [-0.2, -0.15) is 0 Å². The van der Waals surface area contributed by atoms with Crippen molar-refractivity contribution in [1.29, 1.82) is 0 Å². The molecule has 0 aromatic heterocycles. The summed E-state index contributed by atoms with van der Waals surface area (Å²) in [5.74, 6) is -3.83. The molecule has 0 aliphatic rings. The number of carbonyl (C=O) groups is 3. The van der Waals surface area contributed by atoms with Crippen LogP contribution < -0.4 is 5.11 Å². The van der Waals surface area contributed by atoms with Crippen molar-refractivity contribution in [2.45, 2.75) is 135 Å². The zero-order valence-electron chi connectivity index (χ0n) is 23.6. The highest BCUT2D eigenvalue weighted by Gasteiger charge is 2.33. The van der Waals surface area contributed by atoms with E-state index >= 15 is 0 Å². The summed E-state index contributed by atoms with van der Waals surface area (Å²) in [6.07, 6.45) is 29.3. The molecule has 0 fully saturated rings. The Morgan fingerprint density at radius 1 is 0.568 bits per heavy atom. The van der Waals surface area contributed by atoms with Crippen LogP contribution in [0.4, 0.5) is 0 Å². The van der Waals surface area contributed by atoms with Crippen LogP contribution in [0.3, 0.4) is 0 Å². The zero-order chi connectivity index (χ0) is 27.6. The lowest BCUT2D eigenvalue weighted by molar-refractivity contribution is -0.909. The van der Waals surface area contributed by atoms with Gasteiger partial charge in [0, 0.05) is 0 Å². The van der Waals surface area contributed by atoms with Gasteiger partial charge in [0.1, 0.15) is 6.54 Å². The van der Waals surface area contributed by atoms with Gasteiger partial charge in [-0.1, -0.05) is 109 Å². The van der Waals surface area contributed by atoms with Crippen molar-refractivity contribution in [3.05, 3.63) is 12.2 Å². The number of hydrogen-bond donors (Lipinski definition) is 2. The fraction of sp³-hybridized carbons (Fsp3) is 0.833. The number of quaternary nitrogens is 1. The maximum absolute atomic E-state index is 11.2. The van der Waals surface area contributed by atoms with Crippen molar-refractivity contribution in [1.82, 2.24) is 0 Å². The molecule has 0 rings (SSSR count). The first kappa shape index (κ1) is 35.1. The average Bonchev–Trinajstić information content (AvgIpc) is 2.81. The fourth-order valence-corrected chi connectivity index (χ4v) is 5.01. The highest BCUT2D eigenvalue weighted by Crippen LogP contribution is 2.14. The summed E-state index contributed by atoms with van der Waals surface area (Å²) in [5.41, 5.74) is 0. The molecule has 7 nitrogen and oxygen atoms in total. The molecule has 0 radical (unpaired) electrons. The van der Waals surface area contributed by atoms with Gasteiger partial charge in [-0.05, 0) is 38.5 Å². The molecule has 0 spiro atoms. The van der Waals surface area contributed by atoms with E-state index in [-0.39, 0.29) is 6.54 Å². The maximum Gasteiger partial charge on any atom is 0.359 e. The minimum Gasteiger partial charge on any atom is -0.544 e. The molecular weight excluding hydrogens is 470 g/mol. The summed E-state index contributed by atoms with van der Waals surface area (Å²) in [5, 5.41) is 29.3. The van der Waals surface area contributed by atoms with Crippen LogP contribution in [-0.4, -0.2) is 58.8 Å². The van der Waals surface area contributed by atoms with Crippen LogP contribution in [-0.2, 0) is 14.4 Å². The number of rotatable bonds is 28. The van der Waals surface area contributed by atoms with Crippen molar-refractivity contribution in [2.75, 3.05) is 26.2 Å². The molecular formula is C30H55NO6. The van der Waals surface area contributed by atoms with Gasteiger partial charge in [0.25, 0.3) is 0 Å². The Labute approximate surface area is 225 Å². The van der Waals surface area contributed by atoms with Gasteiger partial charge in [-0.25, -0.2) is 9.59 Å². The number of carbonyl (C=O) groups excluding carboxylic acids is 1. The van der Waals surface area contributed by atoms with E-state index in [0.717, 1.165) is 32.1 Å². The van der Waals surface area contributed by atoms with Crippen molar-refractivity contribution in [2.24, 2.45) is 0 Å². The second kappa shape index (κ2) is 24.4. The van der Waals surface area contributed by atoms with Gasteiger partial charge >= 0.3 is 11.9 Å². The lowest BCUT2D eigenvalue weighted by Crippen LogP contribution is -2.59. The summed E-state index contributed by atoms with van der Waals surface area (Å²) >= 11 is 0. The van der Waals surface area contributed by atoms with E-state index < -0.39 is 42.0 Å². The molecule has 37 heavy (non-hydrogen) atoms. The Kier molecular flexibility index (Phi) is 23.2. The number of nitrogens with zero attached hydrogens (tertiary/aromatic N) is 1. The lowest BCUT2D eigenvalue weighted by Gasteiger charge is -2.36. The van der Waals surface area contributed by atoms with E-state index in [1.807, 2.05) is 0 Å². The number of unbranched alkanes of at least 4 members (excludes halogenated alkanes) is 18. The number of allylic oxidation sites excluding steroid dienone is 2. The molecule has 0 aliphatic carbocycles. The van der Waals surface area contributed by atoms with Crippen LogP contribution >= 0.6 is 0 Å². The summed E-state index contributed by atoms with van der Waals surface area (Å²) < 4.78 is -0.508. The minimum atomic E-state index is -1.42. The molecule has 0 aromatic rings. The molecule has 0 bridgehead atoms. The van der Waals surface area contributed by atoms with Crippen LogP contribution in [0.15, 0.2) is 12.2 Å². The summed E-state index contributed by atoms with van der Waals surface area (Å²) in [6, 6.07) is 0. The van der Waals surface area contributed by atoms with E-state index in [0.29, 0.717) is 6.42 Å². The molecule has 0 aromatic carbocycles. The van der Waals surface area contributed by atoms with E-state index in [1.165, 1.54) is 89.9 Å². The number of carboxylic acid groups (broad SMARTS) is 3. The Balaban J connectivity index is 3.69. The highest BCUT2D eigenvalue weighted by atomic mass is 16.4. The van der Waals surface area contributed by atoms with Gasteiger partial charge < -0.3 is 24.6 Å². The topological polar surface area (TPSA) is 115 Å². The van der Waals surface area contributed by atoms with Gasteiger partial charge in [-0.15, -0.1) is 0 Å². The SMILES string of the molecule is CCCCCCCCCCCCCCCC/C=C/CCCCCC[N+](CC(=O)[O-])(CC(=O)O)CC(=O)O. The van der Waals surface area contributed by atoms with Gasteiger partial charge in [0.15, 0.2) is 13.1 Å². The smallest absolute Gasteiger partial charge is 0.359 e. The Hall–Kier alpha value is -1.89. The Morgan fingerprint density at radius 2 is 0.919 bits per heavy atom. The second-order valence-corrected chi connectivity index (χ2v) is 10.8. The van der Waals surface area contributed by atoms with Crippen LogP contribution in [0, 0.1) is 0 Å². The normalized spacial score (nSPS) is 11.8. The molecule has 2 N–H and O–H groups in total. The van der Waals surface area contributed by atoms with Crippen LogP contribution in [0.1, 0.15) is 135 Å². The van der Waals surface area contributed by atoms with Crippen molar-refractivity contribution >= 4 is 17.9 Å². The molecule has 0 heterocycles. The molecule has 0 saturated carbocycles. The third-order valence-corrected chi connectivity index (χ3v) is 7.05. The molecule has 7 heteroatoms. The predicted molar refractivity (Wildman–Crippen MR) is 147 cm³/mol. The molecule has 0 atom stereocenters. The lowest BCUT2D eigenvalue weighted by atomic mass is 10.0. The largest absolute Gasteiger partial charge is 0.544 e. The van der Waals surface area contributed by atoms with Crippen molar-refractivity contribution < 1.29 is 34.2 Å². The fourth-order valence-electron chi connectivity index (χ4n) is 5.01. The van der Waals surface area contributed by atoms with Gasteiger partial charge in [-0.3, -0.25) is 0 Å². The van der Waals surface area contributed by atoms with Crippen molar-refractivity contribution in [3.63, 3.8) is 0 Å². The second-order valence-electron chi connectivity index (χ2n) is 10.8. The molecule has 0 aliphatic heterocycles. The zero-order valence-corrected chi connectivity index (χ0v) is 23.6. The van der Waals surface area contributed by atoms with Gasteiger partial charge in [0.05, 0.1) is 12.5 Å². The standard InChI is InChI=1S/C30H55NO6/c1-2-3-4-5-6-7-8-9-10-11-12-13-14-15-16-17-18-19-20-21-22-23-24-31(25-28(32)33,26-29(34)35)27-30(36)37/h17-18H,2-16,19-27H2,1H3,(H2-,32,33,34,35,36,37)/b18-17+. The third kappa shape index (κ3) is 24.2.